The minimum atomic E-state index is -0.751. The van der Waals surface area contributed by atoms with Gasteiger partial charge in [-0.25, -0.2) is 14.1 Å². The third-order valence-electron chi connectivity index (χ3n) is 5.67. The first-order valence-electron chi connectivity index (χ1n) is 10.8. The Labute approximate surface area is 197 Å². The molecule has 2 heterocycles. The molecule has 0 bridgehead atoms. The fraction of sp³-hybridized carbons (Fsp3) is 0.375. The largest absolute Gasteiger partial charge is 0.376 e. The monoisotopic (exact) mass is 470 g/mol. The van der Waals surface area contributed by atoms with Gasteiger partial charge in [0, 0.05) is 21.3 Å². The van der Waals surface area contributed by atoms with Crippen molar-refractivity contribution >= 4 is 6.21 Å². The highest BCUT2D eigenvalue weighted by molar-refractivity contribution is 5.79. The molecule has 5 atom stereocenters. The van der Waals surface area contributed by atoms with E-state index in [4.69, 9.17) is 23.8 Å². The third kappa shape index (κ3) is 5.00. The first-order chi connectivity index (χ1) is 16.5. The zero-order valence-corrected chi connectivity index (χ0v) is 19.4. The lowest BCUT2D eigenvalue weighted by Crippen LogP contribution is -2.59. The molecule has 0 aliphatic carbocycles. The van der Waals surface area contributed by atoms with Crippen molar-refractivity contribution in [3.63, 3.8) is 0 Å². The lowest BCUT2D eigenvalue weighted by molar-refractivity contribution is -0.305. The molecule has 1 aliphatic rings. The molecule has 2 aromatic carbocycles. The second kappa shape index (κ2) is 10.8. The van der Waals surface area contributed by atoms with Gasteiger partial charge in [0.15, 0.2) is 11.9 Å². The average molecular weight is 471 g/mol. The van der Waals surface area contributed by atoms with Gasteiger partial charge in [-0.2, -0.15) is 0 Å². The number of rotatable bonds is 8. The van der Waals surface area contributed by atoms with Gasteiger partial charge in [-0.3, -0.25) is 0 Å². The minimum absolute atomic E-state index is 0.266. The first kappa shape index (κ1) is 24.0. The quantitative estimate of drug-likeness (QED) is 0.369. The summed E-state index contributed by atoms with van der Waals surface area (Å²) in [6.45, 7) is 1.88. The highest BCUT2D eigenvalue weighted by atomic mass is 19.1. The SMILES string of the molecule is CO[C@@H]1[C@@H](OC)[C@H](C)O[C@@H](O/N=C/c2ccc(-n3cnc(-c4ccccc4F)n3)cc2)[C@@H]1OC. The number of ether oxygens (including phenoxy) is 4. The maximum Gasteiger partial charge on any atom is 0.256 e. The van der Waals surface area contributed by atoms with E-state index >= 15 is 0 Å². The van der Waals surface area contributed by atoms with Crippen molar-refractivity contribution in [2.24, 2.45) is 5.16 Å². The molecule has 34 heavy (non-hydrogen) atoms. The molecule has 1 aliphatic heterocycles. The Bertz CT molecular complexity index is 1110. The van der Waals surface area contributed by atoms with Crippen molar-refractivity contribution in [1.82, 2.24) is 14.8 Å². The molecule has 180 valence electrons. The molecule has 0 unspecified atom stereocenters. The average Bonchev–Trinajstić information content (AvgIpc) is 3.34. The highest BCUT2D eigenvalue weighted by Gasteiger charge is 2.46. The summed E-state index contributed by atoms with van der Waals surface area (Å²) in [5, 5.41) is 8.44. The summed E-state index contributed by atoms with van der Waals surface area (Å²) < 4.78 is 38.0. The molecule has 1 aromatic heterocycles. The number of methoxy groups -OCH3 is 3. The Morgan fingerprint density at radius 1 is 0.971 bits per heavy atom. The molecule has 9 nitrogen and oxygen atoms in total. The van der Waals surface area contributed by atoms with E-state index in [1.807, 2.05) is 31.2 Å². The summed E-state index contributed by atoms with van der Waals surface area (Å²) in [6, 6.07) is 13.8. The fourth-order valence-corrected chi connectivity index (χ4v) is 3.92. The standard InChI is InChI=1S/C24H27FN4O5/c1-15-20(30-2)21(31-3)22(32-4)24(33-15)34-27-13-16-9-11-17(12-10-16)29-14-26-23(28-29)18-7-5-6-8-19(18)25/h5-15,20-22,24H,1-4H3/b27-13+/t15-,20-,21+,22+,24-/m0/s1. The van der Waals surface area contributed by atoms with Gasteiger partial charge in [0.05, 0.1) is 23.6 Å². The van der Waals surface area contributed by atoms with E-state index in [0.717, 1.165) is 11.3 Å². The number of oxime groups is 1. The van der Waals surface area contributed by atoms with E-state index in [1.54, 1.807) is 56.8 Å². The third-order valence-corrected chi connectivity index (χ3v) is 5.67. The Kier molecular flexibility index (Phi) is 7.63. The van der Waals surface area contributed by atoms with E-state index < -0.39 is 12.4 Å². The van der Waals surface area contributed by atoms with Crippen LogP contribution in [0.15, 0.2) is 60.0 Å². The van der Waals surface area contributed by atoms with Crippen LogP contribution in [0.5, 0.6) is 0 Å². The van der Waals surface area contributed by atoms with Crippen LogP contribution in [0.1, 0.15) is 12.5 Å². The second-order valence-corrected chi connectivity index (χ2v) is 7.73. The summed E-state index contributed by atoms with van der Waals surface area (Å²) in [7, 11) is 4.76. The van der Waals surface area contributed by atoms with Gasteiger partial charge >= 0.3 is 0 Å². The number of nitrogens with zero attached hydrogens (tertiary/aromatic N) is 4. The number of hydrogen-bond acceptors (Lipinski definition) is 8. The molecule has 0 spiro atoms. The van der Waals surface area contributed by atoms with Crippen molar-refractivity contribution < 1.29 is 28.2 Å². The van der Waals surface area contributed by atoms with Gasteiger partial charge in [0.1, 0.15) is 24.4 Å². The Morgan fingerprint density at radius 2 is 1.68 bits per heavy atom. The molecular weight excluding hydrogens is 443 g/mol. The summed E-state index contributed by atoms with van der Waals surface area (Å²) >= 11 is 0. The Morgan fingerprint density at radius 3 is 2.35 bits per heavy atom. The molecule has 1 fully saturated rings. The maximum atomic E-state index is 14.0. The predicted molar refractivity (Wildman–Crippen MR) is 122 cm³/mol. The number of benzene rings is 2. The molecular formula is C24H27FN4O5. The van der Waals surface area contributed by atoms with Gasteiger partial charge in [0.2, 0.25) is 0 Å². The molecule has 0 saturated carbocycles. The molecule has 1 saturated heterocycles. The summed E-state index contributed by atoms with van der Waals surface area (Å²) in [6.07, 6.45) is 0.927. The van der Waals surface area contributed by atoms with Crippen molar-refractivity contribution in [1.29, 1.82) is 0 Å². The summed E-state index contributed by atoms with van der Waals surface area (Å²) in [4.78, 5) is 9.80. The van der Waals surface area contributed by atoms with Crippen LogP contribution >= 0.6 is 0 Å². The molecule has 0 amide bonds. The van der Waals surface area contributed by atoms with Crippen molar-refractivity contribution in [3.8, 4) is 17.1 Å². The van der Waals surface area contributed by atoms with E-state index in [0.29, 0.717) is 11.4 Å². The van der Waals surface area contributed by atoms with Crippen LogP contribution in [0.4, 0.5) is 4.39 Å². The van der Waals surface area contributed by atoms with Gasteiger partial charge < -0.3 is 23.8 Å². The van der Waals surface area contributed by atoms with Gasteiger partial charge in [0.25, 0.3) is 6.29 Å². The van der Waals surface area contributed by atoms with Gasteiger partial charge in [-0.1, -0.05) is 29.4 Å². The maximum absolute atomic E-state index is 14.0. The van der Waals surface area contributed by atoms with Crippen LogP contribution in [0.25, 0.3) is 17.1 Å². The van der Waals surface area contributed by atoms with E-state index in [9.17, 15) is 4.39 Å². The van der Waals surface area contributed by atoms with E-state index in [1.165, 1.54) is 6.07 Å². The van der Waals surface area contributed by atoms with Crippen LogP contribution < -0.4 is 0 Å². The normalized spacial score (nSPS) is 25.0. The number of hydrogen-bond donors (Lipinski definition) is 0. The van der Waals surface area contributed by atoms with E-state index in [-0.39, 0.29) is 24.1 Å². The van der Waals surface area contributed by atoms with Crippen LogP contribution in [0.3, 0.4) is 0 Å². The molecule has 10 heteroatoms. The smallest absolute Gasteiger partial charge is 0.256 e. The van der Waals surface area contributed by atoms with Crippen molar-refractivity contribution in [3.05, 3.63) is 66.2 Å². The fourth-order valence-electron chi connectivity index (χ4n) is 3.92. The number of aromatic nitrogens is 3. The topological polar surface area (TPSA) is 89.2 Å². The summed E-state index contributed by atoms with van der Waals surface area (Å²) in [5.41, 5.74) is 1.92. The zero-order chi connectivity index (χ0) is 24.1. The molecule has 3 aromatic rings. The van der Waals surface area contributed by atoms with Crippen molar-refractivity contribution in [2.75, 3.05) is 21.3 Å². The molecule has 0 N–H and O–H groups in total. The number of halogens is 1. The minimum Gasteiger partial charge on any atom is -0.376 e. The van der Waals surface area contributed by atoms with E-state index in [2.05, 4.69) is 15.2 Å². The molecule has 0 radical (unpaired) electrons. The van der Waals surface area contributed by atoms with Crippen LogP contribution in [0.2, 0.25) is 0 Å². The highest BCUT2D eigenvalue weighted by Crippen LogP contribution is 2.27. The van der Waals surface area contributed by atoms with Crippen LogP contribution in [0, 0.1) is 5.82 Å². The summed E-state index contributed by atoms with van der Waals surface area (Å²) in [5.74, 6) is -0.0509. The van der Waals surface area contributed by atoms with Crippen LogP contribution in [-0.2, 0) is 23.8 Å². The predicted octanol–water partition coefficient (Wildman–Crippen LogP) is 3.21. The van der Waals surface area contributed by atoms with Gasteiger partial charge in [-0.05, 0) is 36.8 Å². The van der Waals surface area contributed by atoms with Crippen molar-refractivity contribution in [2.45, 2.75) is 37.6 Å². The zero-order valence-electron chi connectivity index (χ0n) is 19.4. The lowest BCUT2D eigenvalue weighted by Gasteiger charge is -2.42. The first-order valence-corrected chi connectivity index (χ1v) is 10.8. The Balaban J connectivity index is 1.41. The molecule has 4 rings (SSSR count). The second-order valence-electron chi connectivity index (χ2n) is 7.73. The lowest BCUT2D eigenvalue weighted by atomic mass is 9.99. The Hall–Kier alpha value is -3.18. The van der Waals surface area contributed by atoms with Crippen LogP contribution in [-0.4, -0.2) is 73.0 Å². The van der Waals surface area contributed by atoms with Gasteiger partial charge in [-0.15, -0.1) is 5.10 Å².